The van der Waals surface area contributed by atoms with Gasteiger partial charge in [0.25, 0.3) is 0 Å². The van der Waals surface area contributed by atoms with Gasteiger partial charge in [0.05, 0.1) is 24.8 Å². The van der Waals surface area contributed by atoms with Crippen molar-refractivity contribution in [1.29, 1.82) is 0 Å². The predicted octanol–water partition coefficient (Wildman–Crippen LogP) is 3.48. The van der Waals surface area contributed by atoms with Gasteiger partial charge in [-0.3, -0.25) is 0 Å². The topological polar surface area (TPSA) is 67.8 Å². The highest BCUT2D eigenvalue weighted by Gasteiger charge is 2.17. The lowest BCUT2D eigenvalue weighted by molar-refractivity contribution is 0.0604. The third-order valence-electron chi connectivity index (χ3n) is 2.87. The van der Waals surface area contributed by atoms with Crippen LogP contribution >= 0.6 is 22.9 Å². The molecule has 0 saturated heterocycles. The number of carbonyl (C=O) groups excluding carboxylic acids is 1. The Balaban J connectivity index is 2.22. The highest BCUT2D eigenvalue weighted by atomic mass is 35.5. The van der Waals surface area contributed by atoms with Gasteiger partial charge in [-0.2, -0.15) is 0 Å². The van der Waals surface area contributed by atoms with Crippen molar-refractivity contribution in [3.63, 3.8) is 0 Å². The first-order valence-electron chi connectivity index (χ1n) is 6.66. The molecule has 0 bridgehead atoms. The fraction of sp³-hybridized carbons (Fsp3) is 0.267. The molecule has 2 aromatic rings. The van der Waals surface area contributed by atoms with Crippen molar-refractivity contribution in [3.8, 4) is 11.5 Å². The quantitative estimate of drug-likeness (QED) is 0.585. The third-order valence-corrected chi connectivity index (χ3v) is 4.10. The average Bonchev–Trinajstić information content (AvgIpc) is 3.02. The molecular weight excluding hydrogens is 345 g/mol. The smallest absolute Gasteiger partial charge is 0.351 e. The molecule has 1 aromatic carbocycles. The van der Waals surface area contributed by atoms with Gasteiger partial charge in [0.1, 0.15) is 5.82 Å². The summed E-state index contributed by atoms with van der Waals surface area (Å²) in [6.45, 7) is 0.136. The maximum Gasteiger partial charge on any atom is 0.351 e. The number of ether oxygens (including phenoxy) is 2. The van der Waals surface area contributed by atoms with E-state index in [-0.39, 0.29) is 12.4 Å². The fourth-order valence-electron chi connectivity index (χ4n) is 1.75. The number of nitrogens with one attached hydrogen (secondary N) is 1. The number of esters is 1. The summed E-state index contributed by atoms with van der Waals surface area (Å²) in [6, 6.07) is 5.53. The van der Waals surface area contributed by atoms with Gasteiger partial charge >= 0.3 is 5.97 Å². The number of rotatable bonds is 7. The highest BCUT2D eigenvalue weighted by molar-refractivity contribution is 7.12. The van der Waals surface area contributed by atoms with Gasteiger partial charge in [-0.05, 0) is 23.6 Å². The molecule has 0 radical (unpaired) electrons. The molecule has 0 aliphatic rings. The molecular formula is C15H15ClFNO4S. The second kappa shape index (κ2) is 8.14. The molecule has 0 amide bonds. The van der Waals surface area contributed by atoms with Gasteiger partial charge < -0.3 is 19.9 Å². The summed E-state index contributed by atoms with van der Waals surface area (Å²) in [5.41, 5.74) is 0.344. The molecule has 0 spiro atoms. The van der Waals surface area contributed by atoms with E-state index in [0.717, 1.165) is 0 Å². The van der Waals surface area contributed by atoms with Crippen molar-refractivity contribution in [2.24, 2.45) is 0 Å². The van der Waals surface area contributed by atoms with Crippen LogP contribution in [0.3, 0.4) is 0 Å². The first-order chi connectivity index (χ1) is 11.0. The number of aliphatic hydroxyl groups excluding tert-OH is 1. The monoisotopic (exact) mass is 359 g/mol. The Morgan fingerprint density at radius 3 is 2.91 bits per heavy atom. The molecule has 2 rings (SSSR count). The number of thiophene rings is 1. The van der Waals surface area contributed by atoms with E-state index in [1.165, 1.54) is 36.6 Å². The Labute approximate surface area is 141 Å². The van der Waals surface area contributed by atoms with Gasteiger partial charge in [-0.25, -0.2) is 9.18 Å². The Morgan fingerprint density at radius 1 is 1.43 bits per heavy atom. The summed E-state index contributed by atoms with van der Waals surface area (Å²) >= 11 is 6.71. The zero-order valence-electron chi connectivity index (χ0n) is 12.2. The zero-order valence-corrected chi connectivity index (χ0v) is 13.8. The van der Waals surface area contributed by atoms with Crippen molar-refractivity contribution in [2.45, 2.75) is 6.10 Å². The number of hydrogen-bond donors (Lipinski definition) is 2. The molecule has 23 heavy (non-hydrogen) atoms. The zero-order chi connectivity index (χ0) is 16.8. The second-order valence-corrected chi connectivity index (χ2v) is 5.76. The van der Waals surface area contributed by atoms with E-state index in [9.17, 15) is 14.3 Å². The van der Waals surface area contributed by atoms with E-state index in [2.05, 4.69) is 10.1 Å². The van der Waals surface area contributed by atoms with E-state index < -0.39 is 17.9 Å². The summed E-state index contributed by atoms with van der Waals surface area (Å²) in [7, 11) is 1.28. The molecule has 1 unspecified atom stereocenters. The summed E-state index contributed by atoms with van der Waals surface area (Å²) in [4.78, 5) is 12.0. The second-order valence-electron chi connectivity index (χ2n) is 4.54. The lowest BCUT2D eigenvalue weighted by Gasteiger charge is -2.15. The van der Waals surface area contributed by atoms with E-state index in [1.54, 1.807) is 11.4 Å². The van der Waals surface area contributed by atoms with Gasteiger partial charge in [-0.15, -0.1) is 22.9 Å². The molecule has 1 aromatic heterocycles. The van der Waals surface area contributed by atoms with E-state index >= 15 is 0 Å². The van der Waals surface area contributed by atoms with Crippen molar-refractivity contribution < 1.29 is 23.8 Å². The van der Waals surface area contributed by atoms with E-state index in [1.807, 2.05) is 0 Å². The average molecular weight is 360 g/mol. The molecule has 0 saturated carbocycles. The van der Waals surface area contributed by atoms with Crippen LogP contribution in [-0.2, 0) is 4.74 Å². The van der Waals surface area contributed by atoms with Gasteiger partial charge in [-0.1, -0.05) is 0 Å². The van der Waals surface area contributed by atoms with Crippen LogP contribution in [0.5, 0.6) is 11.5 Å². The van der Waals surface area contributed by atoms with Crippen LogP contribution in [0, 0.1) is 5.82 Å². The first-order valence-corrected chi connectivity index (χ1v) is 8.07. The van der Waals surface area contributed by atoms with Gasteiger partial charge in [0.15, 0.2) is 16.4 Å². The standard InChI is InChI=1S/C15H15ClFNO4S/c1-21-15(20)14-13(4-5-23-14)22-12-3-2-9(17)6-11(12)18-8-10(19)7-16/h2-6,10,18-19H,7-8H2,1H3. The molecule has 8 heteroatoms. The maximum atomic E-state index is 13.4. The van der Waals surface area contributed by atoms with Gasteiger partial charge in [0.2, 0.25) is 0 Å². The summed E-state index contributed by atoms with van der Waals surface area (Å²) in [5, 5.41) is 14.1. The first kappa shape index (κ1) is 17.5. The highest BCUT2D eigenvalue weighted by Crippen LogP contribution is 2.34. The lowest BCUT2D eigenvalue weighted by Crippen LogP contribution is -2.21. The molecule has 0 aliphatic heterocycles. The number of carbonyl (C=O) groups is 1. The van der Waals surface area contributed by atoms with Crippen LogP contribution in [-0.4, -0.2) is 36.7 Å². The Morgan fingerprint density at radius 2 is 2.22 bits per heavy atom. The minimum Gasteiger partial charge on any atom is -0.465 e. The molecule has 5 nitrogen and oxygen atoms in total. The minimum absolute atomic E-state index is 0.0511. The number of alkyl halides is 1. The predicted molar refractivity (Wildman–Crippen MR) is 87.3 cm³/mol. The summed E-state index contributed by atoms with van der Waals surface area (Å²) in [5.74, 6) is -0.288. The lowest BCUT2D eigenvalue weighted by atomic mass is 10.2. The molecule has 2 N–H and O–H groups in total. The van der Waals surface area contributed by atoms with E-state index in [0.29, 0.717) is 22.1 Å². The number of hydrogen-bond acceptors (Lipinski definition) is 6. The number of methoxy groups -OCH3 is 1. The number of benzene rings is 1. The fourth-order valence-corrected chi connectivity index (χ4v) is 2.59. The molecule has 1 heterocycles. The number of halogens is 2. The van der Waals surface area contributed by atoms with Crippen LogP contribution in [0.1, 0.15) is 9.67 Å². The number of aliphatic hydroxyl groups is 1. The van der Waals surface area contributed by atoms with Crippen LogP contribution in [0.15, 0.2) is 29.6 Å². The van der Waals surface area contributed by atoms with Crippen molar-refractivity contribution in [1.82, 2.24) is 0 Å². The van der Waals surface area contributed by atoms with Crippen LogP contribution in [0.4, 0.5) is 10.1 Å². The van der Waals surface area contributed by atoms with Crippen molar-refractivity contribution in [2.75, 3.05) is 24.9 Å². The third kappa shape index (κ3) is 4.57. The van der Waals surface area contributed by atoms with Crippen molar-refractivity contribution >= 4 is 34.6 Å². The SMILES string of the molecule is COC(=O)c1sccc1Oc1ccc(F)cc1NCC(O)CCl. The van der Waals surface area contributed by atoms with Crippen LogP contribution in [0.2, 0.25) is 0 Å². The largest absolute Gasteiger partial charge is 0.465 e. The summed E-state index contributed by atoms with van der Waals surface area (Å²) < 4.78 is 23.8. The molecule has 1 atom stereocenters. The Hall–Kier alpha value is -1.83. The number of anilines is 1. The van der Waals surface area contributed by atoms with Crippen molar-refractivity contribution in [3.05, 3.63) is 40.3 Å². The Bertz CT molecular complexity index is 679. The summed E-state index contributed by atoms with van der Waals surface area (Å²) in [6.07, 6.45) is -0.778. The van der Waals surface area contributed by atoms with Crippen LogP contribution < -0.4 is 10.1 Å². The maximum absolute atomic E-state index is 13.4. The molecule has 124 valence electrons. The normalized spacial score (nSPS) is 11.8. The Kier molecular flexibility index (Phi) is 6.20. The van der Waals surface area contributed by atoms with Gasteiger partial charge in [0, 0.05) is 12.6 Å². The van der Waals surface area contributed by atoms with E-state index in [4.69, 9.17) is 16.3 Å². The molecule has 0 fully saturated rings. The molecule has 0 aliphatic carbocycles. The van der Waals surface area contributed by atoms with Crippen LogP contribution in [0.25, 0.3) is 0 Å². The minimum atomic E-state index is -0.778.